The first-order valence-corrected chi connectivity index (χ1v) is 5.87. The second kappa shape index (κ2) is 5.35. The van der Waals surface area contributed by atoms with Crippen LogP contribution in [-0.2, 0) is 0 Å². The van der Waals surface area contributed by atoms with E-state index in [-0.39, 0.29) is 6.04 Å². The molecule has 0 aliphatic carbocycles. The van der Waals surface area contributed by atoms with Gasteiger partial charge < -0.3 is 10.5 Å². The zero-order valence-electron chi connectivity index (χ0n) is 10.9. The van der Waals surface area contributed by atoms with Crippen LogP contribution in [0.25, 0.3) is 0 Å². The maximum atomic E-state index is 6.30. The standard InChI is InChI=1S/C14H23NO/c1-9(2)11(4)14(15)12-8-10(3)6-7-13(12)16-5/h6-9,11,14H,15H2,1-5H3. The van der Waals surface area contributed by atoms with Crippen LogP contribution in [0.4, 0.5) is 0 Å². The summed E-state index contributed by atoms with van der Waals surface area (Å²) in [5.41, 5.74) is 8.64. The van der Waals surface area contributed by atoms with E-state index in [2.05, 4.69) is 39.8 Å². The number of hydrogen-bond acceptors (Lipinski definition) is 2. The van der Waals surface area contributed by atoms with Gasteiger partial charge in [0.2, 0.25) is 0 Å². The number of nitrogens with two attached hydrogens (primary N) is 1. The van der Waals surface area contributed by atoms with Crippen molar-refractivity contribution in [3.63, 3.8) is 0 Å². The summed E-state index contributed by atoms with van der Waals surface area (Å²) in [4.78, 5) is 0. The predicted octanol–water partition coefficient (Wildman–Crippen LogP) is 3.30. The molecule has 0 fully saturated rings. The van der Waals surface area contributed by atoms with Gasteiger partial charge in [-0.15, -0.1) is 0 Å². The van der Waals surface area contributed by atoms with Crippen molar-refractivity contribution in [3.8, 4) is 5.75 Å². The van der Waals surface area contributed by atoms with E-state index in [1.54, 1.807) is 7.11 Å². The minimum atomic E-state index is 0.0369. The van der Waals surface area contributed by atoms with E-state index in [1.807, 2.05) is 6.07 Å². The van der Waals surface area contributed by atoms with Crippen LogP contribution in [0.1, 0.15) is 37.9 Å². The average Bonchev–Trinajstić information content (AvgIpc) is 2.26. The molecule has 0 aliphatic heterocycles. The summed E-state index contributed by atoms with van der Waals surface area (Å²) in [7, 11) is 1.70. The van der Waals surface area contributed by atoms with E-state index in [1.165, 1.54) is 5.56 Å². The molecule has 0 aliphatic rings. The lowest BCUT2D eigenvalue weighted by atomic mass is 9.86. The van der Waals surface area contributed by atoms with Gasteiger partial charge in [0.25, 0.3) is 0 Å². The Morgan fingerprint density at radius 1 is 1.19 bits per heavy atom. The highest BCUT2D eigenvalue weighted by Gasteiger charge is 2.21. The normalized spacial score (nSPS) is 14.9. The summed E-state index contributed by atoms with van der Waals surface area (Å²) >= 11 is 0. The molecule has 0 saturated heterocycles. The molecule has 0 heterocycles. The number of ether oxygens (including phenoxy) is 1. The Balaban J connectivity index is 3.05. The lowest BCUT2D eigenvalue weighted by Gasteiger charge is -2.25. The summed E-state index contributed by atoms with van der Waals surface area (Å²) < 4.78 is 5.37. The third-order valence-electron chi connectivity index (χ3n) is 3.36. The number of methoxy groups -OCH3 is 1. The molecule has 2 N–H and O–H groups in total. The Morgan fingerprint density at radius 2 is 1.81 bits per heavy atom. The van der Waals surface area contributed by atoms with Crippen LogP contribution in [-0.4, -0.2) is 7.11 Å². The average molecular weight is 221 g/mol. The largest absolute Gasteiger partial charge is 0.496 e. The molecule has 2 unspecified atom stereocenters. The summed E-state index contributed by atoms with van der Waals surface area (Å²) in [6.45, 7) is 8.67. The van der Waals surface area contributed by atoms with E-state index in [4.69, 9.17) is 10.5 Å². The zero-order valence-corrected chi connectivity index (χ0v) is 10.9. The molecule has 16 heavy (non-hydrogen) atoms. The molecule has 90 valence electrons. The molecule has 0 amide bonds. The summed E-state index contributed by atoms with van der Waals surface area (Å²) in [5.74, 6) is 1.90. The van der Waals surface area contributed by atoms with Crippen molar-refractivity contribution >= 4 is 0 Å². The first-order chi connectivity index (χ1) is 7.47. The van der Waals surface area contributed by atoms with Crippen LogP contribution in [0.2, 0.25) is 0 Å². The number of hydrogen-bond donors (Lipinski definition) is 1. The monoisotopic (exact) mass is 221 g/mol. The summed E-state index contributed by atoms with van der Waals surface area (Å²) in [6, 6.07) is 6.21. The fourth-order valence-electron chi connectivity index (χ4n) is 1.81. The highest BCUT2D eigenvalue weighted by Crippen LogP contribution is 2.32. The Morgan fingerprint density at radius 3 is 2.31 bits per heavy atom. The van der Waals surface area contributed by atoms with E-state index >= 15 is 0 Å². The van der Waals surface area contributed by atoms with Gasteiger partial charge in [-0.2, -0.15) is 0 Å². The van der Waals surface area contributed by atoms with Crippen molar-refractivity contribution in [2.45, 2.75) is 33.7 Å². The molecule has 0 radical (unpaired) electrons. The summed E-state index contributed by atoms with van der Waals surface area (Å²) in [6.07, 6.45) is 0. The Kier molecular flexibility index (Phi) is 4.36. The highest BCUT2D eigenvalue weighted by atomic mass is 16.5. The molecule has 2 heteroatoms. The van der Waals surface area contributed by atoms with E-state index < -0.39 is 0 Å². The molecule has 1 aromatic rings. The summed E-state index contributed by atoms with van der Waals surface area (Å²) in [5, 5.41) is 0. The van der Waals surface area contributed by atoms with Gasteiger partial charge in [0.15, 0.2) is 0 Å². The SMILES string of the molecule is COc1ccc(C)cc1C(N)C(C)C(C)C. The first kappa shape index (κ1) is 13.0. The van der Waals surface area contributed by atoms with E-state index in [0.717, 1.165) is 11.3 Å². The van der Waals surface area contributed by atoms with Gasteiger partial charge in [0.05, 0.1) is 7.11 Å². The van der Waals surface area contributed by atoms with Crippen LogP contribution >= 0.6 is 0 Å². The molecule has 2 atom stereocenters. The van der Waals surface area contributed by atoms with Gasteiger partial charge in [-0.3, -0.25) is 0 Å². The minimum Gasteiger partial charge on any atom is -0.496 e. The highest BCUT2D eigenvalue weighted by molar-refractivity contribution is 5.39. The second-order valence-corrected chi connectivity index (χ2v) is 4.87. The van der Waals surface area contributed by atoms with Gasteiger partial charge in [0, 0.05) is 11.6 Å². The number of rotatable bonds is 4. The molecular formula is C14H23NO. The molecule has 0 aromatic heterocycles. The third-order valence-corrected chi connectivity index (χ3v) is 3.36. The Labute approximate surface area is 98.8 Å². The van der Waals surface area contributed by atoms with Crippen molar-refractivity contribution in [3.05, 3.63) is 29.3 Å². The lowest BCUT2D eigenvalue weighted by Crippen LogP contribution is -2.23. The van der Waals surface area contributed by atoms with Gasteiger partial charge in [0.1, 0.15) is 5.75 Å². The Hall–Kier alpha value is -1.02. The maximum absolute atomic E-state index is 6.30. The molecule has 0 spiro atoms. The fraction of sp³-hybridized carbons (Fsp3) is 0.571. The fourth-order valence-corrected chi connectivity index (χ4v) is 1.81. The van der Waals surface area contributed by atoms with Crippen LogP contribution in [0.5, 0.6) is 5.75 Å². The van der Waals surface area contributed by atoms with Crippen LogP contribution < -0.4 is 10.5 Å². The third kappa shape index (κ3) is 2.76. The van der Waals surface area contributed by atoms with Crippen molar-refractivity contribution in [2.75, 3.05) is 7.11 Å². The van der Waals surface area contributed by atoms with Gasteiger partial charge in [-0.1, -0.05) is 38.5 Å². The van der Waals surface area contributed by atoms with E-state index in [9.17, 15) is 0 Å². The topological polar surface area (TPSA) is 35.2 Å². The van der Waals surface area contributed by atoms with Crippen LogP contribution in [0.3, 0.4) is 0 Å². The lowest BCUT2D eigenvalue weighted by molar-refractivity contribution is 0.337. The predicted molar refractivity (Wildman–Crippen MR) is 68.7 cm³/mol. The maximum Gasteiger partial charge on any atom is 0.123 e. The smallest absolute Gasteiger partial charge is 0.123 e. The van der Waals surface area contributed by atoms with Gasteiger partial charge in [-0.25, -0.2) is 0 Å². The Bertz CT molecular complexity index is 347. The zero-order chi connectivity index (χ0) is 12.3. The molecular weight excluding hydrogens is 198 g/mol. The number of benzene rings is 1. The minimum absolute atomic E-state index is 0.0369. The molecule has 0 saturated carbocycles. The molecule has 1 rings (SSSR count). The van der Waals surface area contributed by atoms with Crippen molar-refractivity contribution in [1.82, 2.24) is 0 Å². The van der Waals surface area contributed by atoms with Gasteiger partial charge in [-0.05, 0) is 24.8 Å². The van der Waals surface area contributed by atoms with Gasteiger partial charge >= 0.3 is 0 Å². The molecule has 0 bridgehead atoms. The molecule has 1 aromatic carbocycles. The number of aryl methyl sites for hydroxylation is 1. The second-order valence-electron chi connectivity index (χ2n) is 4.87. The van der Waals surface area contributed by atoms with Crippen LogP contribution in [0, 0.1) is 18.8 Å². The molecule has 2 nitrogen and oxygen atoms in total. The van der Waals surface area contributed by atoms with E-state index in [0.29, 0.717) is 11.8 Å². The first-order valence-electron chi connectivity index (χ1n) is 5.87. The quantitative estimate of drug-likeness (QED) is 0.846. The van der Waals surface area contributed by atoms with Crippen LogP contribution in [0.15, 0.2) is 18.2 Å². The van der Waals surface area contributed by atoms with Crippen molar-refractivity contribution in [1.29, 1.82) is 0 Å². The van der Waals surface area contributed by atoms with Crippen molar-refractivity contribution < 1.29 is 4.74 Å². The van der Waals surface area contributed by atoms with Crippen molar-refractivity contribution in [2.24, 2.45) is 17.6 Å².